The number of nitriles is 1. The van der Waals surface area contributed by atoms with E-state index < -0.39 is 5.41 Å². The van der Waals surface area contributed by atoms with Crippen LogP contribution in [0.4, 0.5) is 0 Å². The van der Waals surface area contributed by atoms with E-state index in [4.69, 9.17) is 4.74 Å². The van der Waals surface area contributed by atoms with Crippen molar-refractivity contribution in [3.8, 4) is 6.07 Å². The molecule has 0 aliphatic carbocycles. The summed E-state index contributed by atoms with van der Waals surface area (Å²) in [5.74, 6) is 0.517. The van der Waals surface area contributed by atoms with Gasteiger partial charge >= 0.3 is 0 Å². The van der Waals surface area contributed by atoms with E-state index in [1.54, 1.807) is 6.33 Å². The molecule has 0 spiro atoms. The normalized spacial score (nSPS) is 28.5. The van der Waals surface area contributed by atoms with Crippen LogP contribution >= 0.6 is 0 Å². The summed E-state index contributed by atoms with van der Waals surface area (Å²) >= 11 is 0. The number of ether oxygens (including phenoxy) is 1. The molecule has 0 aromatic carbocycles. The predicted octanol–water partition coefficient (Wildman–Crippen LogP) is 1.46. The molecule has 1 aromatic rings. The molecule has 7 nitrogen and oxygen atoms in total. The van der Waals surface area contributed by atoms with Gasteiger partial charge in [0, 0.05) is 51.1 Å². The maximum Gasteiger partial charge on any atom is 0.243 e. The fourth-order valence-corrected chi connectivity index (χ4v) is 4.68. The first-order valence-electron chi connectivity index (χ1n) is 9.62. The number of fused-ring (bicyclic) bond motifs is 4. The first kappa shape index (κ1) is 17.5. The summed E-state index contributed by atoms with van der Waals surface area (Å²) in [5.41, 5.74) is 1.31. The number of nitrogens with zero attached hydrogens (tertiary/aromatic N) is 4. The summed E-state index contributed by atoms with van der Waals surface area (Å²) in [5, 5.41) is 9.76. The minimum absolute atomic E-state index is 0.0378. The number of hydrogen-bond acceptors (Lipinski definition) is 5. The Bertz CT molecular complexity index is 703. The molecular weight excluding hydrogens is 330 g/mol. The number of nitrogens with one attached hydrogen (secondary N) is 1. The predicted molar refractivity (Wildman–Crippen MR) is 94.9 cm³/mol. The molecule has 7 heteroatoms. The SMILES string of the molecule is Cc1[nH]cnc1CN1C[C@@H]2CC[C@H](C1)N(C(=O)C1(C#N)CCOCC1)C2. The highest BCUT2D eigenvalue weighted by molar-refractivity contribution is 5.86. The van der Waals surface area contributed by atoms with Crippen LogP contribution < -0.4 is 0 Å². The zero-order chi connectivity index (χ0) is 18.1. The monoisotopic (exact) mass is 357 g/mol. The third-order valence-corrected chi connectivity index (χ3v) is 6.33. The molecule has 1 aromatic heterocycles. The number of H-pyrrole nitrogens is 1. The van der Waals surface area contributed by atoms with Gasteiger partial charge in [-0.25, -0.2) is 4.98 Å². The summed E-state index contributed by atoms with van der Waals surface area (Å²) in [7, 11) is 0. The van der Waals surface area contributed by atoms with Gasteiger partial charge in [0.25, 0.3) is 0 Å². The smallest absolute Gasteiger partial charge is 0.243 e. The molecule has 0 radical (unpaired) electrons. The average molecular weight is 357 g/mol. The van der Waals surface area contributed by atoms with Crippen LogP contribution in [0.5, 0.6) is 0 Å². The van der Waals surface area contributed by atoms with Crippen molar-refractivity contribution in [2.45, 2.75) is 45.2 Å². The van der Waals surface area contributed by atoms with Crippen molar-refractivity contribution in [3.05, 3.63) is 17.7 Å². The third-order valence-electron chi connectivity index (χ3n) is 6.33. The second-order valence-electron chi connectivity index (χ2n) is 8.03. The van der Waals surface area contributed by atoms with Gasteiger partial charge in [0.15, 0.2) is 0 Å². The molecular formula is C19H27N5O2. The Kier molecular flexibility index (Phi) is 4.72. The molecule has 5 heterocycles. The molecule has 4 aliphatic heterocycles. The van der Waals surface area contributed by atoms with Crippen LogP contribution in [0.2, 0.25) is 0 Å². The zero-order valence-corrected chi connectivity index (χ0v) is 15.4. The fourth-order valence-electron chi connectivity index (χ4n) is 4.68. The van der Waals surface area contributed by atoms with Crippen molar-refractivity contribution < 1.29 is 9.53 Å². The lowest BCUT2D eigenvalue weighted by Gasteiger charge is -2.41. The lowest BCUT2D eigenvalue weighted by Crippen LogP contribution is -2.54. The Hall–Kier alpha value is -1.91. The number of aromatic nitrogens is 2. The van der Waals surface area contributed by atoms with Crippen molar-refractivity contribution in [2.24, 2.45) is 11.3 Å². The topological polar surface area (TPSA) is 85.3 Å². The van der Waals surface area contributed by atoms with Crippen LogP contribution in [0.15, 0.2) is 6.33 Å². The van der Waals surface area contributed by atoms with Crippen molar-refractivity contribution in [1.29, 1.82) is 5.26 Å². The molecule has 2 bridgehead atoms. The van der Waals surface area contributed by atoms with Gasteiger partial charge in [0.2, 0.25) is 5.91 Å². The summed E-state index contributed by atoms with van der Waals surface area (Å²) in [6.07, 6.45) is 4.98. The quantitative estimate of drug-likeness (QED) is 0.885. The third kappa shape index (κ3) is 3.12. The number of carbonyl (C=O) groups is 1. The van der Waals surface area contributed by atoms with Crippen LogP contribution in [-0.4, -0.2) is 64.6 Å². The van der Waals surface area contributed by atoms with Gasteiger partial charge in [-0.1, -0.05) is 0 Å². The molecule has 5 rings (SSSR count). The zero-order valence-electron chi connectivity index (χ0n) is 15.4. The summed E-state index contributed by atoms with van der Waals surface area (Å²) < 4.78 is 5.40. The molecule has 4 saturated heterocycles. The van der Waals surface area contributed by atoms with Crippen LogP contribution in [0.25, 0.3) is 0 Å². The molecule has 26 heavy (non-hydrogen) atoms. The minimum atomic E-state index is -0.883. The molecule has 4 aliphatic rings. The molecule has 140 valence electrons. The van der Waals surface area contributed by atoms with Crippen LogP contribution in [0.3, 0.4) is 0 Å². The maximum absolute atomic E-state index is 13.3. The highest BCUT2D eigenvalue weighted by Gasteiger charge is 2.47. The summed E-state index contributed by atoms with van der Waals surface area (Å²) in [6, 6.07) is 2.55. The van der Waals surface area contributed by atoms with E-state index in [1.807, 2.05) is 11.8 Å². The molecule has 1 N–H and O–H groups in total. The van der Waals surface area contributed by atoms with Gasteiger partial charge < -0.3 is 14.6 Å². The van der Waals surface area contributed by atoms with E-state index in [9.17, 15) is 10.1 Å². The summed E-state index contributed by atoms with van der Waals surface area (Å²) in [6.45, 7) is 6.53. The lowest BCUT2D eigenvalue weighted by molar-refractivity contribution is -0.147. The van der Waals surface area contributed by atoms with Gasteiger partial charge in [-0.15, -0.1) is 0 Å². The van der Waals surface area contributed by atoms with Crippen molar-refractivity contribution in [3.63, 3.8) is 0 Å². The minimum Gasteiger partial charge on any atom is -0.381 e. The van der Waals surface area contributed by atoms with E-state index in [0.29, 0.717) is 32.0 Å². The molecule has 0 unspecified atom stereocenters. The van der Waals surface area contributed by atoms with Gasteiger partial charge in [-0.05, 0) is 38.5 Å². The van der Waals surface area contributed by atoms with E-state index >= 15 is 0 Å². The van der Waals surface area contributed by atoms with E-state index in [-0.39, 0.29) is 11.9 Å². The van der Waals surface area contributed by atoms with E-state index in [2.05, 4.69) is 20.9 Å². The highest BCUT2D eigenvalue weighted by Crippen LogP contribution is 2.37. The van der Waals surface area contributed by atoms with Crippen LogP contribution in [0.1, 0.15) is 37.1 Å². The Morgan fingerprint density at radius 2 is 2.19 bits per heavy atom. The van der Waals surface area contributed by atoms with Crippen molar-refractivity contribution >= 4 is 5.91 Å². The van der Waals surface area contributed by atoms with Gasteiger partial charge in [-0.2, -0.15) is 5.26 Å². The molecule has 2 atom stereocenters. The number of rotatable bonds is 3. The highest BCUT2D eigenvalue weighted by atomic mass is 16.5. The van der Waals surface area contributed by atoms with Gasteiger partial charge in [0.05, 0.1) is 18.1 Å². The largest absolute Gasteiger partial charge is 0.381 e. The molecule has 4 fully saturated rings. The number of carbonyl (C=O) groups excluding carboxylic acids is 1. The second-order valence-corrected chi connectivity index (χ2v) is 8.03. The van der Waals surface area contributed by atoms with E-state index in [0.717, 1.165) is 50.4 Å². The van der Waals surface area contributed by atoms with Crippen LogP contribution in [-0.2, 0) is 16.1 Å². The Morgan fingerprint density at radius 3 is 2.88 bits per heavy atom. The Labute approximate surface area is 154 Å². The van der Waals surface area contributed by atoms with Crippen molar-refractivity contribution in [2.75, 3.05) is 32.8 Å². The van der Waals surface area contributed by atoms with Crippen molar-refractivity contribution in [1.82, 2.24) is 19.8 Å². The fraction of sp³-hybridized carbons (Fsp3) is 0.737. The van der Waals surface area contributed by atoms with Gasteiger partial charge in [0.1, 0.15) is 5.41 Å². The standard InChI is InChI=1S/C19H27N5O2/c1-14-17(22-13-21-14)11-23-8-15-2-3-16(10-23)24(9-15)18(25)19(12-20)4-6-26-7-5-19/h13,15-16H,2-11H2,1H3,(H,21,22)/t15-,16+/m0/s1. The number of aromatic amines is 1. The second kappa shape index (κ2) is 7.01. The number of imidazole rings is 1. The maximum atomic E-state index is 13.3. The number of amides is 1. The van der Waals surface area contributed by atoms with Crippen LogP contribution in [0, 0.1) is 29.6 Å². The first-order chi connectivity index (χ1) is 12.6. The van der Waals surface area contributed by atoms with E-state index in [1.165, 1.54) is 0 Å². The first-order valence-corrected chi connectivity index (χ1v) is 9.62. The lowest BCUT2D eigenvalue weighted by atomic mass is 9.79. The molecule has 0 saturated carbocycles. The number of aryl methyl sites for hydroxylation is 1. The Morgan fingerprint density at radius 1 is 1.38 bits per heavy atom. The summed E-state index contributed by atoms with van der Waals surface area (Å²) in [4.78, 5) is 25.4. The number of hydrogen-bond donors (Lipinski definition) is 1. The molecule has 1 amide bonds. The van der Waals surface area contributed by atoms with Gasteiger partial charge in [-0.3, -0.25) is 9.69 Å². The average Bonchev–Trinajstić information content (AvgIpc) is 2.88. The number of piperidine rings is 1. The Balaban J connectivity index is 1.50.